The van der Waals surface area contributed by atoms with Gasteiger partial charge in [0.2, 0.25) is 0 Å². The standard InChI is InChI=1S/C8H9ClN4O2/c1-6(14)15-5-4-10-12-8-3-2-7(9)11-13-8/h2-4H,5H2,1H3,(H,12,13)/b10-4+. The summed E-state index contributed by atoms with van der Waals surface area (Å²) in [7, 11) is 0. The number of carbonyl (C=O) groups excluding carboxylic acids is 1. The van der Waals surface area contributed by atoms with Crippen LogP contribution in [0.25, 0.3) is 0 Å². The lowest BCUT2D eigenvalue weighted by Crippen LogP contribution is -2.02. The van der Waals surface area contributed by atoms with Crippen LogP contribution in [0.4, 0.5) is 5.82 Å². The van der Waals surface area contributed by atoms with E-state index in [0.29, 0.717) is 11.0 Å². The monoisotopic (exact) mass is 228 g/mol. The summed E-state index contributed by atoms with van der Waals surface area (Å²) in [6.07, 6.45) is 1.40. The molecule has 0 saturated heterocycles. The molecule has 1 aromatic heterocycles. The van der Waals surface area contributed by atoms with E-state index in [-0.39, 0.29) is 12.6 Å². The highest BCUT2D eigenvalue weighted by Crippen LogP contribution is 2.05. The van der Waals surface area contributed by atoms with Crippen molar-refractivity contribution in [1.82, 2.24) is 10.2 Å². The number of halogens is 1. The van der Waals surface area contributed by atoms with Crippen LogP contribution in [-0.2, 0) is 9.53 Å². The zero-order valence-electron chi connectivity index (χ0n) is 7.98. The van der Waals surface area contributed by atoms with E-state index in [0.717, 1.165) is 0 Å². The number of rotatable bonds is 4. The molecule has 15 heavy (non-hydrogen) atoms. The number of hydrogen-bond acceptors (Lipinski definition) is 6. The number of hydrazone groups is 1. The highest BCUT2D eigenvalue weighted by atomic mass is 35.5. The summed E-state index contributed by atoms with van der Waals surface area (Å²) in [5, 5.41) is 11.4. The van der Waals surface area contributed by atoms with Crippen molar-refractivity contribution in [2.24, 2.45) is 5.10 Å². The molecule has 0 atom stereocenters. The number of nitrogens with zero attached hydrogens (tertiary/aromatic N) is 3. The Bertz CT molecular complexity index is 352. The third-order valence-electron chi connectivity index (χ3n) is 1.26. The maximum absolute atomic E-state index is 10.4. The molecule has 80 valence electrons. The Morgan fingerprint density at radius 3 is 3.07 bits per heavy atom. The Balaban J connectivity index is 2.30. The molecule has 1 rings (SSSR count). The Labute approximate surface area is 91.3 Å². The van der Waals surface area contributed by atoms with Gasteiger partial charge < -0.3 is 4.74 Å². The molecule has 0 unspecified atom stereocenters. The predicted molar refractivity (Wildman–Crippen MR) is 55.8 cm³/mol. The Morgan fingerprint density at radius 1 is 1.67 bits per heavy atom. The topological polar surface area (TPSA) is 76.5 Å². The number of hydrogen-bond donors (Lipinski definition) is 1. The fraction of sp³-hybridized carbons (Fsp3) is 0.250. The number of nitrogens with one attached hydrogen (secondary N) is 1. The van der Waals surface area contributed by atoms with Gasteiger partial charge in [-0.15, -0.1) is 10.2 Å². The molecule has 0 radical (unpaired) electrons. The van der Waals surface area contributed by atoms with Crippen LogP contribution in [-0.4, -0.2) is 29.0 Å². The van der Waals surface area contributed by atoms with Crippen molar-refractivity contribution in [2.45, 2.75) is 6.92 Å². The molecule has 0 amide bonds. The Hall–Kier alpha value is -1.69. The van der Waals surface area contributed by atoms with Gasteiger partial charge in [0.05, 0.1) is 6.21 Å². The van der Waals surface area contributed by atoms with Gasteiger partial charge >= 0.3 is 5.97 Å². The number of ether oxygens (including phenoxy) is 1. The van der Waals surface area contributed by atoms with Gasteiger partial charge in [0.25, 0.3) is 0 Å². The van der Waals surface area contributed by atoms with Crippen molar-refractivity contribution in [1.29, 1.82) is 0 Å². The number of carbonyl (C=O) groups is 1. The van der Waals surface area contributed by atoms with E-state index in [1.807, 2.05) is 0 Å². The van der Waals surface area contributed by atoms with E-state index in [1.54, 1.807) is 12.1 Å². The van der Waals surface area contributed by atoms with Crippen LogP contribution in [0.2, 0.25) is 5.15 Å². The van der Waals surface area contributed by atoms with Crippen LogP contribution >= 0.6 is 11.6 Å². The summed E-state index contributed by atoms with van der Waals surface area (Å²) in [4.78, 5) is 10.4. The first kappa shape index (κ1) is 11.4. The van der Waals surface area contributed by atoms with Crippen LogP contribution in [0.5, 0.6) is 0 Å². The summed E-state index contributed by atoms with van der Waals surface area (Å²) in [5.74, 6) is 0.103. The zero-order chi connectivity index (χ0) is 11.1. The Kier molecular flexibility index (Phi) is 4.49. The fourth-order valence-electron chi connectivity index (χ4n) is 0.679. The molecule has 0 fully saturated rings. The van der Waals surface area contributed by atoms with Crippen molar-refractivity contribution < 1.29 is 9.53 Å². The van der Waals surface area contributed by atoms with Gasteiger partial charge in [-0.2, -0.15) is 5.10 Å². The van der Waals surface area contributed by atoms with Crippen LogP contribution in [0, 0.1) is 0 Å². The molecule has 0 aromatic carbocycles. The molecule has 0 aliphatic heterocycles. The molecule has 0 spiro atoms. The highest BCUT2D eigenvalue weighted by molar-refractivity contribution is 6.29. The SMILES string of the molecule is CC(=O)OC/C=N/Nc1ccc(Cl)nn1. The van der Waals surface area contributed by atoms with Crippen LogP contribution in [0.15, 0.2) is 17.2 Å². The van der Waals surface area contributed by atoms with Gasteiger partial charge in [0, 0.05) is 6.92 Å². The first-order valence-corrected chi connectivity index (χ1v) is 4.46. The second-order valence-electron chi connectivity index (χ2n) is 2.47. The Morgan fingerprint density at radius 2 is 2.47 bits per heavy atom. The normalized spacial score (nSPS) is 10.3. The minimum atomic E-state index is -0.354. The van der Waals surface area contributed by atoms with Crippen LogP contribution in [0.3, 0.4) is 0 Å². The lowest BCUT2D eigenvalue weighted by molar-refractivity contribution is -0.139. The van der Waals surface area contributed by atoms with E-state index in [4.69, 9.17) is 11.6 Å². The molecule has 0 bridgehead atoms. The zero-order valence-corrected chi connectivity index (χ0v) is 8.73. The van der Waals surface area contributed by atoms with Crippen LogP contribution in [0.1, 0.15) is 6.92 Å². The summed E-state index contributed by atoms with van der Waals surface area (Å²) in [6.45, 7) is 1.44. The van der Waals surface area contributed by atoms with Gasteiger partial charge in [0.1, 0.15) is 6.61 Å². The molecule has 1 heterocycles. The summed E-state index contributed by atoms with van der Waals surface area (Å²) in [5.41, 5.74) is 2.59. The summed E-state index contributed by atoms with van der Waals surface area (Å²) < 4.78 is 4.61. The average molecular weight is 229 g/mol. The average Bonchev–Trinajstić information content (AvgIpc) is 2.20. The van der Waals surface area contributed by atoms with Gasteiger partial charge in [-0.3, -0.25) is 10.2 Å². The number of anilines is 1. The lowest BCUT2D eigenvalue weighted by atomic mass is 10.5. The molecule has 0 aliphatic carbocycles. The molecule has 0 saturated carbocycles. The van der Waals surface area contributed by atoms with Gasteiger partial charge in [-0.25, -0.2) is 0 Å². The molecule has 6 nitrogen and oxygen atoms in total. The molecule has 1 N–H and O–H groups in total. The highest BCUT2D eigenvalue weighted by Gasteiger charge is 1.92. The maximum atomic E-state index is 10.4. The molecular formula is C8H9ClN4O2. The van der Waals surface area contributed by atoms with E-state index in [2.05, 4.69) is 25.5 Å². The van der Waals surface area contributed by atoms with Crippen molar-refractivity contribution in [3.8, 4) is 0 Å². The van der Waals surface area contributed by atoms with E-state index >= 15 is 0 Å². The maximum Gasteiger partial charge on any atom is 0.302 e. The molecule has 1 aromatic rings. The lowest BCUT2D eigenvalue weighted by Gasteiger charge is -1.97. The molecule has 7 heteroatoms. The van der Waals surface area contributed by atoms with Crippen molar-refractivity contribution >= 4 is 29.6 Å². The van der Waals surface area contributed by atoms with E-state index < -0.39 is 0 Å². The number of aromatic nitrogens is 2. The third kappa shape index (κ3) is 4.92. The van der Waals surface area contributed by atoms with Gasteiger partial charge in [0.15, 0.2) is 11.0 Å². The van der Waals surface area contributed by atoms with Gasteiger partial charge in [-0.05, 0) is 12.1 Å². The number of esters is 1. The van der Waals surface area contributed by atoms with Crippen molar-refractivity contribution in [3.63, 3.8) is 0 Å². The van der Waals surface area contributed by atoms with E-state index in [1.165, 1.54) is 13.1 Å². The first-order chi connectivity index (χ1) is 7.18. The quantitative estimate of drug-likeness (QED) is 0.474. The van der Waals surface area contributed by atoms with Crippen molar-refractivity contribution in [3.05, 3.63) is 17.3 Å². The van der Waals surface area contributed by atoms with Gasteiger partial charge in [-0.1, -0.05) is 11.6 Å². The largest absolute Gasteiger partial charge is 0.460 e. The summed E-state index contributed by atoms with van der Waals surface area (Å²) >= 11 is 5.53. The minimum Gasteiger partial charge on any atom is -0.460 e. The van der Waals surface area contributed by atoms with E-state index in [9.17, 15) is 4.79 Å². The first-order valence-electron chi connectivity index (χ1n) is 4.08. The third-order valence-corrected chi connectivity index (χ3v) is 1.47. The van der Waals surface area contributed by atoms with Crippen molar-refractivity contribution in [2.75, 3.05) is 12.0 Å². The smallest absolute Gasteiger partial charge is 0.302 e. The predicted octanol–water partition coefficient (Wildman–Crippen LogP) is 1.09. The second kappa shape index (κ2) is 5.92. The second-order valence-corrected chi connectivity index (χ2v) is 2.85. The molecule has 0 aliphatic rings. The van der Waals surface area contributed by atoms with Crippen LogP contribution < -0.4 is 5.43 Å². The fourth-order valence-corrected chi connectivity index (χ4v) is 0.780. The minimum absolute atomic E-state index is 0.114. The molecular weight excluding hydrogens is 220 g/mol. The summed E-state index contributed by atoms with van der Waals surface area (Å²) in [6, 6.07) is 3.21.